The fourth-order valence-corrected chi connectivity index (χ4v) is 4.88. The van der Waals surface area contributed by atoms with Gasteiger partial charge in [0.1, 0.15) is 17.3 Å². The molecule has 0 amide bonds. The van der Waals surface area contributed by atoms with E-state index in [9.17, 15) is 4.79 Å². The Morgan fingerprint density at radius 3 is 2.61 bits per heavy atom. The molecule has 2 aliphatic rings. The fourth-order valence-electron chi connectivity index (χ4n) is 4.37. The van der Waals surface area contributed by atoms with Gasteiger partial charge in [-0.25, -0.2) is 0 Å². The van der Waals surface area contributed by atoms with Crippen molar-refractivity contribution in [3.05, 3.63) is 76.3 Å². The van der Waals surface area contributed by atoms with Gasteiger partial charge >= 0.3 is 5.97 Å². The van der Waals surface area contributed by atoms with Crippen molar-refractivity contribution in [1.29, 1.82) is 0 Å². The predicted octanol–water partition coefficient (Wildman–Crippen LogP) is 5.05. The Hall–Kier alpha value is -2.11. The largest absolute Gasteiger partial charge is 0.488 e. The van der Waals surface area contributed by atoms with E-state index in [-0.39, 0.29) is 30.0 Å². The first kappa shape index (κ1) is 19.2. The molecule has 0 unspecified atom stereocenters. The zero-order valence-electron chi connectivity index (χ0n) is 16.1. The topological polar surface area (TPSA) is 44.8 Å². The third kappa shape index (κ3) is 2.88. The molecule has 146 valence electrons. The van der Waals surface area contributed by atoms with Crippen LogP contribution in [0.2, 0.25) is 0 Å². The van der Waals surface area contributed by atoms with Gasteiger partial charge in [0.25, 0.3) is 0 Å². The number of halogens is 1. The van der Waals surface area contributed by atoms with E-state index >= 15 is 0 Å². The van der Waals surface area contributed by atoms with E-state index in [1.54, 1.807) is 7.11 Å². The highest BCUT2D eigenvalue weighted by Crippen LogP contribution is 2.68. The van der Waals surface area contributed by atoms with Gasteiger partial charge in [0.15, 0.2) is 0 Å². The summed E-state index contributed by atoms with van der Waals surface area (Å²) in [6.07, 6.45) is 3.69. The number of ether oxygens (including phenoxy) is 3. The van der Waals surface area contributed by atoms with E-state index in [1.165, 1.54) is 7.11 Å². The van der Waals surface area contributed by atoms with Crippen molar-refractivity contribution in [1.82, 2.24) is 0 Å². The summed E-state index contributed by atoms with van der Waals surface area (Å²) in [5, 5.41) is 0. The van der Waals surface area contributed by atoms with Crippen LogP contribution in [0.15, 0.2) is 65.2 Å². The number of methoxy groups -OCH3 is 2. The molecule has 5 heteroatoms. The van der Waals surface area contributed by atoms with Crippen LogP contribution >= 0.6 is 15.9 Å². The van der Waals surface area contributed by atoms with Crippen molar-refractivity contribution in [3.8, 4) is 5.75 Å². The first-order valence-electron chi connectivity index (χ1n) is 9.35. The van der Waals surface area contributed by atoms with E-state index in [4.69, 9.17) is 14.2 Å². The van der Waals surface area contributed by atoms with Crippen LogP contribution in [0.5, 0.6) is 5.75 Å². The van der Waals surface area contributed by atoms with Crippen LogP contribution < -0.4 is 4.74 Å². The summed E-state index contributed by atoms with van der Waals surface area (Å²) in [6, 6.07) is 15.9. The second-order valence-electron chi connectivity index (χ2n) is 7.37. The first-order chi connectivity index (χ1) is 13.5. The standard InChI is InChI=1S/C23H23BrO4/c1-14(20(26-2)15-8-4-6-10-17(15)24)12-13-23(22(25)27-3)19-16-9-5-7-11-18(16)28-21(19)23/h4-14,19-21H,1-3H3/t14-,19+,20+,21-,23-/m1/s1. The van der Waals surface area contributed by atoms with Gasteiger partial charge in [-0.1, -0.05) is 71.4 Å². The predicted molar refractivity (Wildman–Crippen MR) is 110 cm³/mol. The van der Waals surface area contributed by atoms with Crippen molar-refractivity contribution in [3.63, 3.8) is 0 Å². The third-order valence-corrected chi connectivity index (χ3v) is 6.57. The maximum atomic E-state index is 12.7. The molecule has 2 aromatic carbocycles. The molecule has 0 bridgehead atoms. The molecular weight excluding hydrogens is 420 g/mol. The molecule has 0 aromatic heterocycles. The summed E-state index contributed by atoms with van der Waals surface area (Å²) in [5.74, 6) is 0.669. The molecule has 5 atom stereocenters. The van der Waals surface area contributed by atoms with Crippen LogP contribution in [0.25, 0.3) is 0 Å². The molecule has 0 radical (unpaired) electrons. The van der Waals surface area contributed by atoms with Crippen LogP contribution in [-0.4, -0.2) is 26.3 Å². The number of rotatable bonds is 6. The van der Waals surface area contributed by atoms with Crippen LogP contribution in [-0.2, 0) is 14.3 Å². The fraction of sp³-hybridized carbons (Fsp3) is 0.348. The van der Waals surface area contributed by atoms with Gasteiger partial charge in [-0.2, -0.15) is 0 Å². The van der Waals surface area contributed by atoms with Gasteiger partial charge in [-0.3, -0.25) is 4.79 Å². The number of hydrogen-bond donors (Lipinski definition) is 0. The molecule has 1 heterocycles. The van der Waals surface area contributed by atoms with E-state index in [1.807, 2.05) is 54.6 Å². The Kier molecular flexibility index (Phi) is 5.06. The lowest BCUT2D eigenvalue weighted by atomic mass is 9.92. The maximum Gasteiger partial charge on any atom is 0.320 e. The zero-order chi connectivity index (χ0) is 19.9. The van der Waals surface area contributed by atoms with Crippen LogP contribution in [0.4, 0.5) is 0 Å². The summed E-state index contributed by atoms with van der Waals surface area (Å²) in [7, 11) is 3.13. The Morgan fingerprint density at radius 1 is 1.18 bits per heavy atom. The second-order valence-corrected chi connectivity index (χ2v) is 8.23. The Bertz CT molecular complexity index is 924. The quantitative estimate of drug-likeness (QED) is 0.463. The molecule has 1 saturated carbocycles. The number of hydrogen-bond acceptors (Lipinski definition) is 4. The minimum absolute atomic E-state index is 0.00376. The van der Waals surface area contributed by atoms with Gasteiger partial charge in [0, 0.05) is 29.0 Å². The van der Waals surface area contributed by atoms with Gasteiger partial charge < -0.3 is 14.2 Å². The van der Waals surface area contributed by atoms with E-state index in [0.717, 1.165) is 21.3 Å². The van der Waals surface area contributed by atoms with Gasteiger partial charge in [-0.15, -0.1) is 0 Å². The van der Waals surface area contributed by atoms with Crippen LogP contribution in [0.3, 0.4) is 0 Å². The average molecular weight is 443 g/mol. The normalized spacial score (nSPS) is 26.9. The van der Waals surface area contributed by atoms with E-state index in [0.29, 0.717) is 0 Å². The number of benzene rings is 2. The van der Waals surface area contributed by atoms with Crippen molar-refractivity contribution < 1.29 is 19.0 Å². The highest BCUT2D eigenvalue weighted by molar-refractivity contribution is 9.10. The minimum atomic E-state index is -0.760. The molecule has 1 aliphatic heterocycles. The highest BCUT2D eigenvalue weighted by Gasteiger charge is 2.75. The molecule has 4 rings (SSSR count). The molecule has 28 heavy (non-hydrogen) atoms. The summed E-state index contributed by atoms with van der Waals surface area (Å²) in [6.45, 7) is 2.09. The Labute approximate surface area is 173 Å². The van der Waals surface area contributed by atoms with Gasteiger partial charge in [0.2, 0.25) is 0 Å². The monoisotopic (exact) mass is 442 g/mol. The van der Waals surface area contributed by atoms with Crippen molar-refractivity contribution in [2.24, 2.45) is 11.3 Å². The lowest BCUT2D eigenvalue weighted by molar-refractivity contribution is -0.146. The Morgan fingerprint density at radius 2 is 1.89 bits per heavy atom. The molecule has 1 fully saturated rings. The molecule has 2 aromatic rings. The number of carbonyl (C=O) groups is 1. The molecule has 0 saturated heterocycles. The van der Waals surface area contributed by atoms with E-state index < -0.39 is 5.41 Å². The molecule has 0 N–H and O–H groups in total. The third-order valence-electron chi connectivity index (χ3n) is 5.84. The van der Waals surface area contributed by atoms with Crippen molar-refractivity contribution >= 4 is 21.9 Å². The number of esters is 1. The highest BCUT2D eigenvalue weighted by atomic mass is 79.9. The molecular formula is C23H23BrO4. The van der Waals surface area contributed by atoms with E-state index in [2.05, 4.69) is 28.9 Å². The van der Waals surface area contributed by atoms with Gasteiger partial charge in [0.05, 0.1) is 13.2 Å². The van der Waals surface area contributed by atoms with Crippen LogP contribution in [0.1, 0.15) is 30.1 Å². The minimum Gasteiger partial charge on any atom is -0.488 e. The molecule has 4 nitrogen and oxygen atoms in total. The van der Waals surface area contributed by atoms with Gasteiger partial charge in [-0.05, 0) is 17.7 Å². The first-order valence-corrected chi connectivity index (χ1v) is 10.1. The number of fused-ring (bicyclic) bond motifs is 3. The summed E-state index contributed by atoms with van der Waals surface area (Å²) >= 11 is 3.60. The van der Waals surface area contributed by atoms with Crippen molar-refractivity contribution in [2.45, 2.75) is 25.0 Å². The second kappa shape index (κ2) is 7.37. The average Bonchev–Trinajstić information content (AvgIpc) is 3.17. The lowest BCUT2D eigenvalue weighted by Crippen LogP contribution is -2.24. The molecule has 1 aliphatic carbocycles. The summed E-state index contributed by atoms with van der Waals surface area (Å²) < 4.78 is 18.0. The smallest absolute Gasteiger partial charge is 0.320 e. The SMILES string of the molecule is COC(=O)[C@@]1(C=C[C@@H](C)[C@H](OC)c2ccccc2Br)[C@@H]2Oc3ccccc3[C@@H]21. The molecule has 0 spiro atoms. The summed E-state index contributed by atoms with van der Waals surface area (Å²) in [5.41, 5.74) is 1.39. The lowest BCUT2D eigenvalue weighted by Gasteiger charge is -2.23. The zero-order valence-corrected chi connectivity index (χ0v) is 17.7. The Balaban J connectivity index is 1.62. The maximum absolute atomic E-state index is 12.7. The number of carbonyl (C=O) groups excluding carboxylic acids is 1. The summed E-state index contributed by atoms with van der Waals surface area (Å²) in [4.78, 5) is 12.7. The number of para-hydroxylation sites is 1. The van der Waals surface area contributed by atoms with Crippen LogP contribution in [0, 0.1) is 11.3 Å². The van der Waals surface area contributed by atoms with Crippen molar-refractivity contribution in [2.75, 3.05) is 14.2 Å².